The Hall–Kier alpha value is -2.05. The van der Waals surface area contributed by atoms with E-state index in [0.29, 0.717) is 22.0 Å². The fourth-order valence-electron chi connectivity index (χ4n) is 1.86. The van der Waals surface area contributed by atoms with Gasteiger partial charge in [0.05, 0.1) is 17.3 Å². The zero-order valence-electron chi connectivity index (χ0n) is 12.3. The zero-order chi connectivity index (χ0) is 16.8. The number of amides is 2. The van der Waals surface area contributed by atoms with Crippen molar-refractivity contribution in [3.8, 4) is 0 Å². The van der Waals surface area contributed by atoms with Crippen LogP contribution in [-0.2, 0) is 4.79 Å². The Morgan fingerprint density at radius 3 is 2.48 bits per heavy atom. The molecule has 0 atom stereocenters. The van der Waals surface area contributed by atoms with Crippen LogP contribution in [0, 0.1) is 0 Å². The quantitative estimate of drug-likeness (QED) is 0.724. The van der Waals surface area contributed by atoms with E-state index in [0.717, 1.165) is 4.47 Å². The van der Waals surface area contributed by atoms with Crippen LogP contribution in [0.25, 0.3) is 0 Å². The van der Waals surface area contributed by atoms with Crippen molar-refractivity contribution in [3.63, 3.8) is 0 Å². The van der Waals surface area contributed by atoms with Gasteiger partial charge in [0.25, 0.3) is 5.91 Å². The highest BCUT2D eigenvalue weighted by atomic mass is 79.9. The first-order valence-corrected chi connectivity index (χ1v) is 7.97. The zero-order valence-corrected chi connectivity index (χ0v) is 14.7. The minimum Gasteiger partial charge on any atom is -0.375 e. The molecule has 0 aliphatic rings. The molecular weight excluding hydrogens is 382 g/mol. The monoisotopic (exact) mass is 395 g/mol. The number of rotatable bonds is 5. The van der Waals surface area contributed by atoms with Crippen LogP contribution in [0.15, 0.2) is 46.9 Å². The van der Waals surface area contributed by atoms with Gasteiger partial charge in [0.1, 0.15) is 0 Å². The molecule has 2 aromatic carbocycles. The Morgan fingerprint density at radius 2 is 1.83 bits per heavy atom. The van der Waals surface area contributed by atoms with Crippen molar-refractivity contribution in [3.05, 3.63) is 57.5 Å². The lowest BCUT2D eigenvalue weighted by atomic mass is 10.2. The summed E-state index contributed by atoms with van der Waals surface area (Å²) in [5, 5.41) is 8.67. The summed E-state index contributed by atoms with van der Waals surface area (Å²) in [6, 6.07) is 12.1. The van der Waals surface area contributed by atoms with E-state index in [2.05, 4.69) is 31.9 Å². The maximum atomic E-state index is 11.9. The fourth-order valence-corrected chi connectivity index (χ4v) is 2.31. The van der Waals surface area contributed by atoms with Crippen LogP contribution in [-0.4, -0.2) is 25.4 Å². The Morgan fingerprint density at radius 1 is 1.13 bits per heavy atom. The Balaban J connectivity index is 1.98. The van der Waals surface area contributed by atoms with E-state index in [9.17, 15) is 9.59 Å². The molecular formula is C16H15BrClN3O2. The number of benzene rings is 2. The van der Waals surface area contributed by atoms with E-state index >= 15 is 0 Å². The van der Waals surface area contributed by atoms with Crippen LogP contribution in [0.5, 0.6) is 0 Å². The van der Waals surface area contributed by atoms with Crippen LogP contribution in [0.2, 0.25) is 5.02 Å². The van der Waals surface area contributed by atoms with Gasteiger partial charge in [0.2, 0.25) is 5.91 Å². The predicted molar refractivity (Wildman–Crippen MR) is 96.1 cm³/mol. The van der Waals surface area contributed by atoms with Gasteiger partial charge in [0, 0.05) is 22.8 Å². The third kappa shape index (κ3) is 4.97. The molecule has 3 N–H and O–H groups in total. The first-order valence-electron chi connectivity index (χ1n) is 6.80. The normalized spacial score (nSPS) is 10.0. The lowest BCUT2D eigenvalue weighted by molar-refractivity contribution is -0.114. The number of anilines is 2. The highest BCUT2D eigenvalue weighted by Gasteiger charge is 2.09. The molecule has 0 aliphatic carbocycles. The maximum Gasteiger partial charge on any atom is 0.251 e. The van der Waals surface area contributed by atoms with E-state index in [1.54, 1.807) is 37.4 Å². The summed E-state index contributed by atoms with van der Waals surface area (Å²) in [5.74, 6) is -0.433. The summed E-state index contributed by atoms with van der Waals surface area (Å²) in [5.41, 5.74) is 1.69. The summed E-state index contributed by atoms with van der Waals surface area (Å²) in [4.78, 5) is 23.6. The summed E-state index contributed by atoms with van der Waals surface area (Å²) in [6.07, 6.45) is 0. The summed E-state index contributed by atoms with van der Waals surface area (Å²) in [7, 11) is 1.55. The molecule has 7 heteroatoms. The van der Waals surface area contributed by atoms with Gasteiger partial charge in [-0.2, -0.15) is 0 Å². The van der Waals surface area contributed by atoms with Gasteiger partial charge in [-0.05, 0) is 42.5 Å². The molecule has 0 saturated carbocycles. The molecule has 0 aromatic heterocycles. The van der Waals surface area contributed by atoms with Gasteiger partial charge in [-0.15, -0.1) is 0 Å². The van der Waals surface area contributed by atoms with Crippen LogP contribution in [0.4, 0.5) is 11.4 Å². The molecule has 0 aliphatic heterocycles. The minimum absolute atomic E-state index is 0.0347. The van der Waals surface area contributed by atoms with Crippen molar-refractivity contribution in [1.29, 1.82) is 0 Å². The number of hydrogen-bond donors (Lipinski definition) is 3. The SMILES string of the molecule is CNC(=O)c1ccc(Cl)c(NCC(=O)Nc2ccc(Br)cc2)c1. The van der Waals surface area contributed by atoms with Crippen LogP contribution < -0.4 is 16.0 Å². The van der Waals surface area contributed by atoms with E-state index in [-0.39, 0.29) is 18.4 Å². The van der Waals surface area contributed by atoms with Gasteiger partial charge in [-0.25, -0.2) is 0 Å². The molecule has 2 amide bonds. The smallest absolute Gasteiger partial charge is 0.251 e. The van der Waals surface area contributed by atoms with E-state index in [4.69, 9.17) is 11.6 Å². The van der Waals surface area contributed by atoms with E-state index in [1.165, 1.54) is 0 Å². The van der Waals surface area contributed by atoms with Gasteiger partial charge in [0.15, 0.2) is 0 Å². The maximum absolute atomic E-state index is 11.9. The largest absolute Gasteiger partial charge is 0.375 e. The molecule has 0 spiro atoms. The lowest BCUT2D eigenvalue weighted by Crippen LogP contribution is -2.22. The highest BCUT2D eigenvalue weighted by Crippen LogP contribution is 2.23. The van der Waals surface area contributed by atoms with E-state index in [1.807, 2.05) is 12.1 Å². The Labute approximate surface area is 147 Å². The van der Waals surface area contributed by atoms with Gasteiger partial charge in [-0.3, -0.25) is 9.59 Å². The number of halogens is 2. The van der Waals surface area contributed by atoms with Crippen LogP contribution in [0.3, 0.4) is 0 Å². The molecule has 0 bridgehead atoms. The number of carbonyl (C=O) groups is 2. The molecule has 5 nitrogen and oxygen atoms in total. The second-order valence-corrected chi connectivity index (χ2v) is 6.01. The van der Waals surface area contributed by atoms with Crippen molar-refractivity contribution in [2.75, 3.05) is 24.2 Å². The standard InChI is InChI=1S/C16H15BrClN3O2/c1-19-16(23)10-2-7-13(18)14(8-10)20-9-15(22)21-12-5-3-11(17)4-6-12/h2-8,20H,9H2,1H3,(H,19,23)(H,21,22). The topological polar surface area (TPSA) is 70.2 Å². The van der Waals surface area contributed by atoms with Crippen molar-refractivity contribution in [1.82, 2.24) is 5.32 Å². The van der Waals surface area contributed by atoms with E-state index < -0.39 is 0 Å². The predicted octanol–water partition coefficient (Wildman–Crippen LogP) is 3.51. The average Bonchev–Trinajstić information content (AvgIpc) is 2.55. The third-order valence-corrected chi connectivity index (χ3v) is 3.88. The molecule has 0 heterocycles. The van der Waals surface area contributed by atoms with Crippen LogP contribution in [0.1, 0.15) is 10.4 Å². The van der Waals surface area contributed by atoms with Crippen molar-refractivity contribution in [2.45, 2.75) is 0 Å². The molecule has 0 saturated heterocycles. The second kappa shape index (κ2) is 7.99. The van der Waals surface area contributed by atoms with Gasteiger partial charge >= 0.3 is 0 Å². The second-order valence-electron chi connectivity index (χ2n) is 4.68. The highest BCUT2D eigenvalue weighted by molar-refractivity contribution is 9.10. The number of carbonyl (C=O) groups excluding carboxylic acids is 2. The van der Waals surface area contributed by atoms with Crippen molar-refractivity contribution < 1.29 is 9.59 Å². The van der Waals surface area contributed by atoms with Crippen LogP contribution >= 0.6 is 27.5 Å². The average molecular weight is 397 g/mol. The number of nitrogens with one attached hydrogen (secondary N) is 3. The summed E-state index contributed by atoms with van der Waals surface area (Å²) >= 11 is 9.41. The van der Waals surface area contributed by atoms with Crippen molar-refractivity contribution in [2.24, 2.45) is 0 Å². The molecule has 2 rings (SSSR count). The molecule has 2 aromatic rings. The number of hydrogen-bond acceptors (Lipinski definition) is 3. The molecule has 0 fully saturated rings. The lowest BCUT2D eigenvalue weighted by Gasteiger charge is -2.10. The van der Waals surface area contributed by atoms with Gasteiger partial charge < -0.3 is 16.0 Å². The van der Waals surface area contributed by atoms with Gasteiger partial charge in [-0.1, -0.05) is 27.5 Å². The molecule has 23 heavy (non-hydrogen) atoms. The molecule has 120 valence electrons. The summed E-state index contributed by atoms with van der Waals surface area (Å²) < 4.78 is 0.937. The first-order chi connectivity index (χ1) is 11.0. The first kappa shape index (κ1) is 17.3. The third-order valence-electron chi connectivity index (χ3n) is 3.02. The van der Waals surface area contributed by atoms with Crippen molar-refractivity contribution >= 4 is 50.7 Å². The molecule has 0 radical (unpaired) electrons. The fraction of sp³-hybridized carbons (Fsp3) is 0.125. The summed E-state index contributed by atoms with van der Waals surface area (Å²) in [6.45, 7) is 0.0347. The Bertz CT molecular complexity index is 720. The Kier molecular flexibility index (Phi) is 6.01. The minimum atomic E-state index is -0.218. The molecule has 0 unspecified atom stereocenters.